The molecule has 1 amide bonds. The van der Waals surface area contributed by atoms with E-state index in [1.807, 2.05) is 13.8 Å². The van der Waals surface area contributed by atoms with Crippen molar-refractivity contribution in [2.75, 3.05) is 6.54 Å². The van der Waals surface area contributed by atoms with Gasteiger partial charge in [0.2, 0.25) is 5.89 Å². The Morgan fingerprint density at radius 3 is 2.74 bits per heavy atom. The molecule has 0 saturated heterocycles. The molecule has 8 nitrogen and oxygen atoms in total. The molecular weight excluding hydrogens is 399 g/mol. The van der Waals surface area contributed by atoms with Crippen molar-refractivity contribution in [3.63, 3.8) is 0 Å². The Kier molecular flexibility index (Phi) is 6.03. The number of benzene rings is 1. The summed E-state index contributed by atoms with van der Waals surface area (Å²) in [4.78, 5) is 21.7. The zero-order valence-electron chi connectivity index (χ0n) is 17.3. The summed E-state index contributed by atoms with van der Waals surface area (Å²) in [5, 5.41) is 11.2. The van der Waals surface area contributed by atoms with E-state index in [1.54, 1.807) is 35.5 Å². The number of halogens is 1. The fourth-order valence-electron chi connectivity index (χ4n) is 3.30. The normalized spacial score (nSPS) is 12.2. The van der Waals surface area contributed by atoms with E-state index in [2.05, 4.69) is 25.7 Å². The average Bonchev–Trinajstić information content (AvgIpc) is 3.43. The number of oxazole rings is 1. The van der Waals surface area contributed by atoms with Crippen molar-refractivity contribution in [3.05, 3.63) is 72.1 Å². The van der Waals surface area contributed by atoms with Gasteiger partial charge in [-0.05, 0) is 37.2 Å². The third kappa shape index (κ3) is 4.31. The molecule has 1 aromatic carbocycles. The van der Waals surface area contributed by atoms with E-state index >= 15 is 0 Å². The summed E-state index contributed by atoms with van der Waals surface area (Å²) in [7, 11) is 0. The van der Waals surface area contributed by atoms with Crippen LogP contribution in [0.3, 0.4) is 0 Å². The third-order valence-corrected chi connectivity index (χ3v) is 4.95. The highest BCUT2D eigenvalue weighted by atomic mass is 19.1. The lowest BCUT2D eigenvalue weighted by atomic mass is 10.1. The predicted molar refractivity (Wildman–Crippen MR) is 113 cm³/mol. The largest absolute Gasteiger partial charge is 0.446 e. The van der Waals surface area contributed by atoms with Gasteiger partial charge in [-0.15, -0.1) is 0 Å². The molecule has 0 aliphatic rings. The van der Waals surface area contributed by atoms with Crippen molar-refractivity contribution in [1.82, 2.24) is 30.4 Å². The van der Waals surface area contributed by atoms with Gasteiger partial charge in [-0.1, -0.05) is 13.8 Å². The summed E-state index contributed by atoms with van der Waals surface area (Å²) >= 11 is 0. The van der Waals surface area contributed by atoms with Crippen LogP contribution in [-0.4, -0.2) is 32.2 Å². The molecule has 1 unspecified atom stereocenters. The van der Waals surface area contributed by atoms with E-state index in [9.17, 15) is 9.18 Å². The van der Waals surface area contributed by atoms with Crippen LogP contribution < -0.4 is 10.6 Å². The van der Waals surface area contributed by atoms with Gasteiger partial charge in [0.1, 0.15) is 18.1 Å². The second kappa shape index (κ2) is 9.05. The molecule has 3 heterocycles. The first-order valence-corrected chi connectivity index (χ1v) is 10.1. The summed E-state index contributed by atoms with van der Waals surface area (Å²) in [5.41, 5.74) is 2.50. The fourth-order valence-corrected chi connectivity index (χ4v) is 3.30. The second-order valence-corrected chi connectivity index (χ2v) is 7.04. The minimum atomic E-state index is -0.370. The number of fused-ring (bicyclic) bond motifs is 1. The highest BCUT2D eigenvalue weighted by Crippen LogP contribution is 2.23. The molecule has 31 heavy (non-hydrogen) atoms. The van der Waals surface area contributed by atoms with Gasteiger partial charge in [0, 0.05) is 18.1 Å². The molecule has 3 aromatic heterocycles. The van der Waals surface area contributed by atoms with Crippen LogP contribution in [0, 0.1) is 5.82 Å². The second-order valence-electron chi connectivity index (χ2n) is 7.04. The monoisotopic (exact) mass is 422 g/mol. The van der Waals surface area contributed by atoms with E-state index < -0.39 is 0 Å². The summed E-state index contributed by atoms with van der Waals surface area (Å²) in [6.45, 7) is 5.41. The van der Waals surface area contributed by atoms with Gasteiger partial charge in [0.25, 0.3) is 5.91 Å². The highest BCUT2D eigenvalue weighted by Gasteiger charge is 2.21. The predicted octanol–water partition coefficient (Wildman–Crippen LogP) is 3.54. The van der Waals surface area contributed by atoms with Crippen molar-refractivity contribution in [2.45, 2.75) is 32.9 Å². The van der Waals surface area contributed by atoms with Gasteiger partial charge >= 0.3 is 0 Å². The van der Waals surface area contributed by atoms with Crippen molar-refractivity contribution < 1.29 is 13.6 Å². The molecule has 9 heteroatoms. The number of hydrogen-bond donors (Lipinski definition) is 2. The summed E-state index contributed by atoms with van der Waals surface area (Å²) < 4.78 is 20.5. The molecule has 0 saturated carbocycles. The van der Waals surface area contributed by atoms with Crippen LogP contribution in [0.4, 0.5) is 4.39 Å². The number of amides is 1. The maximum Gasteiger partial charge on any atom is 0.254 e. The maximum absolute atomic E-state index is 13.3. The van der Waals surface area contributed by atoms with Crippen LogP contribution >= 0.6 is 0 Å². The number of carbonyl (C=O) groups excluding carboxylic acids is 1. The quantitative estimate of drug-likeness (QED) is 0.451. The molecule has 0 fully saturated rings. The fraction of sp³-hybridized carbons (Fsp3) is 0.273. The standard InChI is InChI=1S/C22H23FN6O2/c1-3-19(22-27-15(13-31-22)9-24-4-2)28-21(30)18-10-25-12-20-17(18)11-26-29(20)16-7-5-14(23)6-8-16/h5-8,10-13,19,24H,3-4,9H2,1-2H3,(H,28,30). The first-order chi connectivity index (χ1) is 15.1. The SMILES string of the molecule is CCNCc1coc(C(CC)NC(=O)c2cncc3c2cnn3-c2ccc(F)cc2)n1. The van der Waals surface area contributed by atoms with E-state index in [0.717, 1.165) is 12.2 Å². The Labute approximate surface area is 178 Å². The van der Waals surface area contributed by atoms with E-state index in [-0.39, 0.29) is 17.8 Å². The Hall–Kier alpha value is -3.59. The minimum absolute atomic E-state index is 0.296. The van der Waals surface area contributed by atoms with Gasteiger partial charge in [0.15, 0.2) is 0 Å². The molecule has 1 atom stereocenters. The molecule has 0 aliphatic carbocycles. The first-order valence-electron chi connectivity index (χ1n) is 10.1. The first kappa shape index (κ1) is 20.7. The van der Waals surface area contributed by atoms with E-state index in [1.165, 1.54) is 18.3 Å². The van der Waals surface area contributed by atoms with E-state index in [0.29, 0.717) is 41.0 Å². The van der Waals surface area contributed by atoms with Gasteiger partial charge in [-0.2, -0.15) is 5.10 Å². The molecule has 4 aromatic rings. The zero-order valence-corrected chi connectivity index (χ0v) is 17.3. The molecule has 0 aliphatic heterocycles. The molecule has 2 N–H and O–H groups in total. The Bertz CT molecular complexity index is 1180. The van der Waals surface area contributed by atoms with Crippen molar-refractivity contribution in [3.8, 4) is 5.69 Å². The van der Waals surface area contributed by atoms with Crippen LogP contribution in [-0.2, 0) is 6.54 Å². The third-order valence-electron chi connectivity index (χ3n) is 4.95. The molecule has 0 bridgehead atoms. The Balaban J connectivity index is 1.58. The van der Waals surface area contributed by atoms with Crippen LogP contribution in [0.5, 0.6) is 0 Å². The number of aromatic nitrogens is 4. The van der Waals surface area contributed by atoms with Crippen LogP contribution in [0.2, 0.25) is 0 Å². The van der Waals surface area contributed by atoms with Gasteiger partial charge in [0.05, 0.1) is 34.9 Å². The number of rotatable bonds is 8. The van der Waals surface area contributed by atoms with Crippen LogP contribution in [0.1, 0.15) is 48.3 Å². The van der Waals surface area contributed by atoms with Crippen molar-refractivity contribution in [2.24, 2.45) is 0 Å². The summed E-state index contributed by atoms with van der Waals surface area (Å²) in [6, 6.07) is 5.59. The smallest absolute Gasteiger partial charge is 0.254 e. The number of carbonyl (C=O) groups is 1. The van der Waals surface area contributed by atoms with Crippen LogP contribution in [0.25, 0.3) is 16.6 Å². The van der Waals surface area contributed by atoms with Gasteiger partial charge in [-0.3, -0.25) is 9.78 Å². The van der Waals surface area contributed by atoms with Crippen molar-refractivity contribution in [1.29, 1.82) is 0 Å². The zero-order chi connectivity index (χ0) is 21.8. The lowest BCUT2D eigenvalue weighted by Crippen LogP contribution is -2.28. The van der Waals surface area contributed by atoms with Crippen molar-refractivity contribution >= 4 is 16.8 Å². The maximum atomic E-state index is 13.3. The number of pyridine rings is 1. The topological polar surface area (TPSA) is 97.9 Å². The average molecular weight is 422 g/mol. The molecule has 0 radical (unpaired) electrons. The minimum Gasteiger partial charge on any atom is -0.446 e. The summed E-state index contributed by atoms with van der Waals surface area (Å²) in [5.74, 6) is -0.162. The lowest BCUT2D eigenvalue weighted by Gasteiger charge is -2.14. The van der Waals surface area contributed by atoms with Gasteiger partial charge < -0.3 is 15.1 Å². The van der Waals surface area contributed by atoms with E-state index in [4.69, 9.17) is 4.42 Å². The molecule has 4 rings (SSSR count). The Morgan fingerprint density at radius 1 is 1.19 bits per heavy atom. The Morgan fingerprint density at radius 2 is 2.00 bits per heavy atom. The molecule has 0 spiro atoms. The van der Waals surface area contributed by atoms with Crippen LogP contribution in [0.15, 0.2) is 53.5 Å². The number of nitrogens with one attached hydrogen (secondary N) is 2. The lowest BCUT2D eigenvalue weighted by molar-refractivity contribution is 0.0930. The molecule has 160 valence electrons. The number of hydrogen-bond acceptors (Lipinski definition) is 6. The molecular formula is C22H23FN6O2. The van der Waals surface area contributed by atoms with Gasteiger partial charge in [-0.25, -0.2) is 14.1 Å². The highest BCUT2D eigenvalue weighted by molar-refractivity contribution is 6.06. The summed E-state index contributed by atoms with van der Waals surface area (Å²) in [6.07, 6.45) is 6.96. The number of nitrogens with zero attached hydrogens (tertiary/aromatic N) is 4.